The second kappa shape index (κ2) is 8.12. The lowest BCUT2D eigenvalue weighted by Gasteiger charge is -2.40. The van der Waals surface area contributed by atoms with Gasteiger partial charge in [-0.25, -0.2) is 5.01 Å². The molecule has 1 heterocycles. The number of hydrazine groups is 1. The number of carbonyl (C=O) groups excluding carboxylic acids is 2. The van der Waals surface area contributed by atoms with E-state index >= 15 is 0 Å². The van der Waals surface area contributed by atoms with E-state index in [1.54, 1.807) is 11.9 Å². The van der Waals surface area contributed by atoms with Crippen molar-refractivity contribution < 1.29 is 24.2 Å². The molecule has 0 radical (unpaired) electrons. The number of hydrogen-bond donors (Lipinski definition) is 1. The Morgan fingerprint density at radius 2 is 2.00 bits per heavy atom. The number of aliphatic carboxylic acids is 1. The second-order valence-corrected chi connectivity index (χ2v) is 5.78. The highest BCUT2D eigenvalue weighted by atomic mass is 16.5. The van der Waals surface area contributed by atoms with E-state index in [1.165, 1.54) is 12.1 Å². The fourth-order valence-corrected chi connectivity index (χ4v) is 2.73. The third-order valence-corrected chi connectivity index (χ3v) is 4.14. The molecule has 1 fully saturated rings. The lowest BCUT2D eigenvalue weighted by Crippen LogP contribution is -2.58. The summed E-state index contributed by atoms with van der Waals surface area (Å²) in [6, 6.07) is 0. The fraction of sp³-hybridized carbons (Fsp3) is 0.800. The lowest BCUT2D eigenvalue weighted by atomic mass is 10.0. The van der Waals surface area contributed by atoms with E-state index in [2.05, 4.69) is 11.7 Å². The largest absolute Gasteiger partial charge is 0.480 e. The van der Waals surface area contributed by atoms with Gasteiger partial charge in [-0.3, -0.25) is 19.4 Å². The van der Waals surface area contributed by atoms with Gasteiger partial charge in [-0.05, 0) is 26.2 Å². The van der Waals surface area contributed by atoms with Crippen LogP contribution in [0.3, 0.4) is 0 Å². The third-order valence-electron chi connectivity index (χ3n) is 4.14. The lowest BCUT2D eigenvalue weighted by molar-refractivity contribution is -0.173. The van der Waals surface area contributed by atoms with Crippen molar-refractivity contribution in [3.05, 3.63) is 0 Å². The van der Waals surface area contributed by atoms with Crippen LogP contribution in [0.1, 0.15) is 52.4 Å². The smallest absolute Gasteiger partial charge is 0.325 e. The van der Waals surface area contributed by atoms with Crippen LogP contribution in [-0.2, 0) is 19.1 Å². The summed E-state index contributed by atoms with van der Waals surface area (Å²) in [6.45, 7) is 4.60. The predicted molar refractivity (Wildman–Crippen MR) is 79.9 cm³/mol. The van der Waals surface area contributed by atoms with Crippen molar-refractivity contribution in [2.24, 2.45) is 0 Å². The first-order valence-electron chi connectivity index (χ1n) is 7.75. The molecule has 0 aliphatic carbocycles. The van der Waals surface area contributed by atoms with Crippen molar-refractivity contribution >= 4 is 17.8 Å². The highest BCUT2D eigenvalue weighted by molar-refractivity contribution is 5.94. The summed E-state index contributed by atoms with van der Waals surface area (Å²) in [7, 11) is 1.23. The molecule has 126 valence electrons. The normalized spacial score (nSPS) is 21.6. The molecule has 1 atom stereocenters. The van der Waals surface area contributed by atoms with Crippen molar-refractivity contribution in [1.82, 2.24) is 10.0 Å². The molecule has 0 spiro atoms. The first kappa shape index (κ1) is 18.4. The van der Waals surface area contributed by atoms with Crippen molar-refractivity contribution in [1.29, 1.82) is 0 Å². The predicted octanol–water partition coefficient (Wildman–Crippen LogP) is 1.42. The molecule has 0 aromatic heterocycles. The van der Waals surface area contributed by atoms with E-state index in [1.807, 2.05) is 0 Å². The molecule has 0 unspecified atom stereocenters. The number of ether oxygens (including phenoxy) is 1. The quantitative estimate of drug-likeness (QED) is 0.414. The van der Waals surface area contributed by atoms with Gasteiger partial charge in [0.2, 0.25) is 5.91 Å². The van der Waals surface area contributed by atoms with Crippen molar-refractivity contribution in [3.8, 4) is 0 Å². The molecular formula is C15H26N2O5. The molecule has 7 nitrogen and oxygen atoms in total. The monoisotopic (exact) mass is 314 g/mol. The van der Waals surface area contributed by atoms with Gasteiger partial charge in [0.25, 0.3) is 0 Å². The van der Waals surface area contributed by atoms with E-state index in [9.17, 15) is 19.5 Å². The molecule has 0 bridgehead atoms. The van der Waals surface area contributed by atoms with Crippen LogP contribution in [0.4, 0.5) is 0 Å². The van der Waals surface area contributed by atoms with Crippen LogP contribution in [0.15, 0.2) is 0 Å². The molecule has 0 aromatic carbocycles. The van der Waals surface area contributed by atoms with Crippen LogP contribution in [0.5, 0.6) is 0 Å². The van der Waals surface area contributed by atoms with Gasteiger partial charge in [0.15, 0.2) is 0 Å². The van der Waals surface area contributed by atoms with E-state index in [4.69, 9.17) is 0 Å². The minimum absolute atomic E-state index is 0.366. The van der Waals surface area contributed by atoms with Crippen LogP contribution < -0.4 is 0 Å². The first-order valence-corrected chi connectivity index (χ1v) is 7.75. The summed E-state index contributed by atoms with van der Waals surface area (Å²) < 4.78 is 4.54. The van der Waals surface area contributed by atoms with Crippen molar-refractivity contribution in [2.45, 2.75) is 57.9 Å². The van der Waals surface area contributed by atoms with E-state index < -0.39 is 23.4 Å². The topological polar surface area (TPSA) is 87.2 Å². The van der Waals surface area contributed by atoms with Gasteiger partial charge in [-0.15, -0.1) is 0 Å². The number of carboxylic acids is 1. The highest BCUT2D eigenvalue weighted by Crippen LogP contribution is 2.31. The molecule has 1 rings (SSSR count). The van der Waals surface area contributed by atoms with Gasteiger partial charge in [0, 0.05) is 13.1 Å². The zero-order valence-corrected chi connectivity index (χ0v) is 13.6. The van der Waals surface area contributed by atoms with Crippen LogP contribution in [-0.4, -0.2) is 58.7 Å². The summed E-state index contributed by atoms with van der Waals surface area (Å²) in [5.41, 5.74) is -1.10. The van der Waals surface area contributed by atoms with Crippen LogP contribution >= 0.6 is 0 Å². The molecule has 1 aliphatic heterocycles. The Bertz CT molecular complexity index is 426. The van der Waals surface area contributed by atoms with Crippen LogP contribution in [0, 0.1) is 0 Å². The average molecular weight is 314 g/mol. The van der Waals surface area contributed by atoms with E-state index in [0.29, 0.717) is 25.9 Å². The molecule has 1 amide bonds. The Labute approximate surface area is 131 Å². The summed E-state index contributed by atoms with van der Waals surface area (Å²) in [5.74, 6) is -1.96. The Morgan fingerprint density at radius 3 is 2.55 bits per heavy atom. The van der Waals surface area contributed by atoms with Gasteiger partial charge in [-0.2, -0.15) is 0 Å². The Kier molecular flexibility index (Phi) is 6.80. The maximum absolute atomic E-state index is 12.4. The molecule has 1 aliphatic rings. The van der Waals surface area contributed by atoms with E-state index in [-0.39, 0.29) is 6.42 Å². The number of rotatable bonds is 8. The molecule has 0 aromatic rings. The molecule has 0 saturated carbocycles. The SMILES string of the molecule is CCCCCN(C(=O)CC(=O)OC)N1CCC[C@]1(C)C(=O)O. The fourth-order valence-electron chi connectivity index (χ4n) is 2.73. The summed E-state index contributed by atoms with van der Waals surface area (Å²) in [4.78, 5) is 35.4. The number of amides is 1. The van der Waals surface area contributed by atoms with Crippen molar-refractivity contribution in [3.63, 3.8) is 0 Å². The Morgan fingerprint density at radius 1 is 1.32 bits per heavy atom. The number of carboxylic acid groups (broad SMARTS) is 1. The number of nitrogens with zero attached hydrogens (tertiary/aromatic N) is 2. The summed E-state index contributed by atoms with van der Waals surface area (Å²) >= 11 is 0. The molecule has 1 saturated heterocycles. The molecule has 22 heavy (non-hydrogen) atoms. The number of carbonyl (C=O) groups is 3. The van der Waals surface area contributed by atoms with Gasteiger partial charge in [-0.1, -0.05) is 19.8 Å². The molecule has 1 N–H and O–H groups in total. The zero-order valence-electron chi connectivity index (χ0n) is 13.6. The maximum Gasteiger partial charge on any atom is 0.325 e. The molecule has 7 heteroatoms. The average Bonchev–Trinajstić information content (AvgIpc) is 2.86. The Balaban J connectivity index is 2.91. The van der Waals surface area contributed by atoms with Gasteiger partial charge < -0.3 is 9.84 Å². The minimum Gasteiger partial charge on any atom is -0.480 e. The van der Waals surface area contributed by atoms with Crippen LogP contribution in [0.2, 0.25) is 0 Å². The van der Waals surface area contributed by atoms with Gasteiger partial charge >= 0.3 is 11.9 Å². The first-order chi connectivity index (χ1) is 10.4. The van der Waals surface area contributed by atoms with E-state index in [0.717, 1.165) is 19.3 Å². The number of methoxy groups -OCH3 is 1. The minimum atomic E-state index is -1.10. The highest BCUT2D eigenvalue weighted by Gasteiger charge is 2.47. The third kappa shape index (κ3) is 4.19. The van der Waals surface area contributed by atoms with Crippen LogP contribution in [0.25, 0.3) is 0 Å². The number of hydrogen-bond acceptors (Lipinski definition) is 5. The summed E-state index contributed by atoms with van der Waals surface area (Å²) in [5, 5.41) is 12.5. The van der Waals surface area contributed by atoms with Gasteiger partial charge in [0.1, 0.15) is 12.0 Å². The Hall–Kier alpha value is -1.63. The maximum atomic E-state index is 12.4. The number of unbranched alkanes of at least 4 members (excludes halogenated alkanes) is 2. The van der Waals surface area contributed by atoms with Crippen molar-refractivity contribution in [2.75, 3.05) is 20.2 Å². The second-order valence-electron chi connectivity index (χ2n) is 5.78. The van der Waals surface area contributed by atoms with Gasteiger partial charge in [0.05, 0.1) is 7.11 Å². The zero-order chi connectivity index (χ0) is 16.8. The standard InChI is InChI=1S/C15H26N2O5/c1-4-5-6-9-16(12(18)11-13(19)22-3)17-10-7-8-15(17,2)14(20)21/h4-11H2,1-3H3,(H,20,21)/t15-/m1/s1. The molecular weight excluding hydrogens is 288 g/mol. The number of esters is 1. The summed E-state index contributed by atoms with van der Waals surface area (Å²) in [6.07, 6.45) is 3.54.